The highest BCUT2D eigenvalue weighted by molar-refractivity contribution is 5.94. The lowest BCUT2D eigenvalue weighted by molar-refractivity contribution is 0.0951. The first-order chi connectivity index (χ1) is 13.2. The Morgan fingerprint density at radius 3 is 2.56 bits per heavy atom. The number of nitrogens with zero attached hydrogens (tertiary/aromatic N) is 1. The van der Waals surface area contributed by atoms with Gasteiger partial charge in [0.15, 0.2) is 0 Å². The molecule has 0 unspecified atom stereocenters. The van der Waals surface area contributed by atoms with Crippen molar-refractivity contribution < 1.29 is 4.79 Å². The molecule has 5 heteroatoms. The molecule has 0 saturated heterocycles. The third kappa shape index (κ3) is 3.99. The summed E-state index contributed by atoms with van der Waals surface area (Å²) in [6, 6.07) is 18.9. The molecule has 0 spiro atoms. The van der Waals surface area contributed by atoms with Gasteiger partial charge < -0.3 is 15.2 Å². The normalized spacial score (nSPS) is 12.6. The van der Waals surface area contributed by atoms with Gasteiger partial charge in [0, 0.05) is 37.5 Å². The molecule has 1 aromatic heterocycles. The van der Waals surface area contributed by atoms with Crippen LogP contribution in [0.1, 0.15) is 32.6 Å². The van der Waals surface area contributed by atoms with Crippen molar-refractivity contribution in [1.29, 1.82) is 0 Å². The van der Waals surface area contributed by atoms with Crippen LogP contribution >= 0.6 is 0 Å². The van der Waals surface area contributed by atoms with Crippen LogP contribution < -0.4 is 16.2 Å². The summed E-state index contributed by atoms with van der Waals surface area (Å²) in [5.74, 6) is -0.0652. The van der Waals surface area contributed by atoms with E-state index in [1.807, 2.05) is 48.5 Å². The van der Waals surface area contributed by atoms with Crippen molar-refractivity contribution in [2.75, 3.05) is 0 Å². The summed E-state index contributed by atoms with van der Waals surface area (Å²) in [5, 5.41) is 6.25. The number of hydrogen-bond donors (Lipinski definition) is 2. The summed E-state index contributed by atoms with van der Waals surface area (Å²) >= 11 is 0. The van der Waals surface area contributed by atoms with Gasteiger partial charge in [0.25, 0.3) is 11.5 Å². The average Bonchev–Trinajstić information content (AvgIpc) is 3.17. The standard InChI is InChI=1S/C22H21N3O2/c26-21-3-1-2-10-25(21)15-17-6-4-16(5-7-17)12-24-22(27)18-8-9-19-13-23-14-20(19)11-18/h1-11,23H,12-15H2,(H,24,27). The lowest BCUT2D eigenvalue weighted by Gasteiger charge is -2.09. The molecule has 0 saturated carbocycles. The first-order valence-corrected chi connectivity index (χ1v) is 9.03. The fraction of sp³-hybridized carbons (Fsp3) is 0.182. The molecule has 27 heavy (non-hydrogen) atoms. The maximum absolute atomic E-state index is 12.4. The Bertz CT molecular complexity index is 1020. The largest absolute Gasteiger partial charge is 0.348 e. The molecule has 0 aliphatic carbocycles. The molecule has 0 atom stereocenters. The second-order valence-corrected chi connectivity index (χ2v) is 6.75. The van der Waals surface area contributed by atoms with E-state index in [9.17, 15) is 9.59 Å². The minimum atomic E-state index is -0.0652. The molecular formula is C22H21N3O2. The van der Waals surface area contributed by atoms with Crippen LogP contribution in [0, 0.1) is 0 Å². The first-order valence-electron chi connectivity index (χ1n) is 9.03. The number of rotatable bonds is 5. The number of aromatic nitrogens is 1. The molecule has 136 valence electrons. The summed E-state index contributed by atoms with van der Waals surface area (Å²) < 4.78 is 1.67. The molecule has 2 aromatic carbocycles. The molecule has 4 rings (SSSR count). The topological polar surface area (TPSA) is 63.1 Å². The van der Waals surface area contributed by atoms with E-state index in [0.717, 1.165) is 24.2 Å². The minimum absolute atomic E-state index is 0.0154. The molecule has 1 aliphatic rings. The van der Waals surface area contributed by atoms with Crippen molar-refractivity contribution in [3.8, 4) is 0 Å². The number of hydrogen-bond acceptors (Lipinski definition) is 3. The van der Waals surface area contributed by atoms with Crippen LogP contribution in [0.15, 0.2) is 71.7 Å². The Balaban J connectivity index is 1.36. The summed E-state index contributed by atoms with van der Waals surface area (Å²) in [5.41, 5.74) is 5.21. The highest BCUT2D eigenvalue weighted by Crippen LogP contribution is 2.17. The van der Waals surface area contributed by atoms with Crippen LogP contribution in [-0.2, 0) is 26.2 Å². The zero-order valence-corrected chi connectivity index (χ0v) is 14.9. The van der Waals surface area contributed by atoms with Gasteiger partial charge in [-0.15, -0.1) is 0 Å². The molecule has 0 radical (unpaired) electrons. The van der Waals surface area contributed by atoms with Gasteiger partial charge in [-0.3, -0.25) is 9.59 Å². The van der Waals surface area contributed by atoms with E-state index in [4.69, 9.17) is 0 Å². The Morgan fingerprint density at radius 1 is 0.963 bits per heavy atom. The average molecular weight is 359 g/mol. The number of pyridine rings is 1. The van der Waals surface area contributed by atoms with E-state index in [0.29, 0.717) is 18.7 Å². The fourth-order valence-electron chi connectivity index (χ4n) is 3.27. The molecule has 3 aromatic rings. The quantitative estimate of drug-likeness (QED) is 0.735. The van der Waals surface area contributed by atoms with E-state index in [-0.39, 0.29) is 11.5 Å². The van der Waals surface area contributed by atoms with Crippen molar-refractivity contribution in [1.82, 2.24) is 15.2 Å². The van der Waals surface area contributed by atoms with E-state index >= 15 is 0 Å². The van der Waals surface area contributed by atoms with Crippen molar-refractivity contribution in [2.45, 2.75) is 26.2 Å². The Morgan fingerprint density at radius 2 is 1.74 bits per heavy atom. The van der Waals surface area contributed by atoms with E-state index in [2.05, 4.69) is 10.6 Å². The van der Waals surface area contributed by atoms with Crippen molar-refractivity contribution in [3.05, 3.63) is 105 Å². The second-order valence-electron chi connectivity index (χ2n) is 6.75. The summed E-state index contributed by atoms with van der Waals surface area (Å²) in [6.45, 7) is 2.70. The molecule has 2 N–H and O–H groups in total. The number of nitrogens with one attached hydrogen (secondary N) is 2. The molecule has 1 amide bonds. The summed E-state index contributed by atoms with van der Waals surface area (Å²) in [4.78, 5) is 24.2. The molecule has 2 heterocycles. The SMILES string of the molecule is O=C(NCc1ccc(Cn2ccccc2=O)cc1)c1ccc2c(c1)CNC2. The predicted molar refractivity (Wildman–Crippen MR) is 104 cm³/mol. The van der Waals surface area contributed by atoms with Crippen LogP contribution in [0.4, 0.5) is 0 Å². The van der Waals surface area contributed by atoms with Crippen LogP contribution in [0.3, 0.4) is 0 Å². The Hall–Kier alpha value is -3.18. The summed E-state index contributed by atoms with van der Waals surface area (Å²) in [6.07, 6.45) is 1.78. The van der Waals surface area contributed by atoms with Gasteiger partial charge in [0.1, 0.15) is 0 Å². The zero-order chi connectivity index (χ0) is 18.6. The maximum Gasteiger partial charge on any atom is 0.251 e. The van der Waals surface area contributed by atoms with Crippen molar-refractivity contribution in [3.63, 3.8) is 0 Å². The summed E-state index contributed by atoms with van der Waals surface area (Å²) in [7, 11) is 0. The predicted octanol–water partition coefficient (Wildman–Crippen LogP) is 2.43. The lowest BCUT2D eigenvalue weighted by Crippen LogP contribution is -2.23. The van der Waals surface area contributed by atoms with Crippen LogP contribution in [0.2, 0.25) is 0 Å². The number of amides is 1. The lowest BCUT2D eigenvalue weighted by atomic mass is 10.1. The van der Waals surface area contributed by atoms with Crippen molar-refractivity contribution >= 4 is 5.91 Å². The van der Waals surface area contributed by atoms with Gasteiger partial charge in [-0.05, 0) is 40.5 Å². The van der Waals surface area contributed by atoms with Gasteiger partial charge in [0.2, 0.25) is 0 Å². The van der Waals surface area contributed by atoms with Gasteiger partial charge in [-0.25, -0.2) is 0 Å². The third-order valence-corrected chi connectivity index (χ3v) is 4.83. The molecule has 1 aliphatic heterocycles. The van der Waals surface area contributed by atoms with Crippen LogP contribution in [0.5, 0.6) is 0 Å². The van der Waals surface area contributed by atoms with Gasteiger partial charge in [-0.2, -0.15) is 0 Å². The second kappa shape index (κ2) is 7.60. The van der Waals surface area contributed by atoms with Crippen LogP contribution in [0.25, 0.3) is 0 Å². The number of carbonyl (C=O) groups is 1. The minimum Gasteiger partial charge on any atom is -0.348 e. The fourth-order valence-corrected chi connectivity index (χ4v) is 3.27. The number of benzene rings is 2. The highest BCUT2D eigenvalue weighted by atomic mass is 16.1. The molecule has 0 bridgehead atoms. The highest BCUT2D eigenvalue weighted by Gasteiger charge is 2.13. The first kappa shape index (κ1) is 17.2. The maximum atomic E-state index is 12.4. The number of fused-ring (bicyclic) bond motifs is 1. The molecule has 5 nitrogen and oxygen atoms in total. The molecule has 0 fully saturated rings. The van der Waals surface area contributed by atoms with Crippen molar-refractivity contribution in [2.24, 2.45) is 0 Å². The molecular weight excluding hydrogens is 338 g/mol. The van der Waals surface area contributed by atoms with E-state index in [1.165, 1.54) is 11.1 Å². The van der Waals surface area contributed by atoms with Gasteiger partial charge in [0.05, 0.1) is 6.54 Å². The van der Waals surface area contributed by atoms with E-state index < -0.39 is 0 Å². The monoisotopic (exact) mass is 359 g/mol. The van der Waals surface area contributed by atoms with Gasteiger partial charge >= 0.3 is 0 Å². The Labute approximate surface area is 157 Å². The smallest absolute Gasteiger partial charge is 0.251 e. The Kier molecular flexibility index (Phi) is 4.85. The zero-order valence-electron chi connectivity index (χ0n) is 14.9. The van der Waals surface area contributed by atoms with Crippen LogP contribution in [-0.4, -0.2) is 10.5 Å². The third-order valence-electron chi connectivity index (χ3n) is 4.83. The number of carbonyl (C=O) groups excluding carboxylic acids is 1. The van der Waals surface area contributed by atoms with E-state index in [1.54, 1.807) is 22.9 Å². The van der Waals surface area contributed by atoms with Gasteiger partial charge in [-0.1, -0.05) is 36.4 Å².